The number of aliphatic carboxylic acids is 1. The summed E-state index contributed by atoms with van der Waals surface area (Å²) >= 11 is 0. The average molecular weight is 175 g/mol. The summed E-state index contributed by atoms with van der Waals surface area (Å²) in [6.07, 6.45) is -0.138. The van der Waals surface area contributed by atoms with E-state index in [9.17, 15) is 4.79 Å². The fourth-order valence-corrected chi connectivity index (χ4v) is 1.10. The first-order chi connectivity index (χ1) is 6.24. The minimum atomic E-state index is -0.949. The van der Waals surface area contributed by atoms with Crippen LogP contribution in [0.5, 0.6) is 0 Å². The van der Waals surface area contributed by atoms with E-state index in [1.165, 1.54) is 0 Å². The molecule has 1 unspecified atom stereocenters. The first kappa shape index (κ1) is 9.27. The molecule has 0 aliphatic carbocycles. The Balaban J connectivity index is 2.80. The third-order valence-electron chi connectivity index (χ3n) is 1.74. The number of carboxylic acids is 1. The van der Waals surface area contributed by atoms with Crippen molar-refractivity contribution in [3.63, 3.8) is 0 Å². The van der Waals surface area contributed by atoms with Gasteiger partial charge in [-0.1, -0.05) is 30.3 Å². The third kappa shape index (κ3) is 2.60. The first-order valence-corrected chi connectivity index (χ1v) is 3.90. The number of nitrogens with zero attached hydrogens (tertiary/aromatic N) is 1. The number of hydrogen-bond acceptors (Lipinski definition) is 2. The SMILES string of the molecule is N#CC(CC(=O)O)c1ccccc1. The number of rotatable bonds is 3. The zero-order valence-electron chi connectivity index (χ0n) is 6.97. The molecular formula is C10H9NO2. The van der Waals surface area contributed by atoms with Crippen molar-refractivity contribution in [1.29, 1.82) is 5.26 Å². The van der Waals surface area contributed by atoms with Crippen LogP contribution in [0.1, 0.15) is 17.9 Å². The summed E-state index contributed by atoms with van der Waals surface area (Å²) in [4.78, 5) is 10.4. The van der Waals surface area contributed by atoms with E-state index < -0.39 is 11.9 Å². The molecule has 66 valence electrons. The number of benzene rings is 1. The lowest BCUT2D eigenvalue weighted by molar-refractivity contribution is -0.137. The molecule has 0 amide bonds. The molecule has 0 aliphatic rings. The fraction of sp³-hybridized carbons (Fsp3) is 0.200. The van der Waals surface area contributed by atoms with E-state index in [2.05, 4.69) is 0 Å². The number of hydrogen-bond donors (Lipinski definition) is 1. The van der Waals surface area contributed by atoms with Crippen LogP contribution in [0.15, 0.2) is 30.3 Å². The van der Waals surface area contributed by atoms with Gasteiger partial charge in [-0.05, 0) is 5.56 Å². The molecule has 0 heterocycles. The second-order valence-corrected chi connectivity index (χ2v) is 2.69. The summed E-state index contributed by atoms with van der Waals surface area (Å²) in [6, 6.07) is 10.9. The maximum absolute atomic E-state index is 10.4. The zero-order valence-corrected chi connectivity index (χ0v) is 6.97. The summed E-state index contributed by atoms with van der Waals surface area (Å²) in [5.41, 5.74) is 0.757. The zero-order chi connectivity index (χ0) is 9.68. The van der Waals surface area contributed by atoms with Crippen LogP contribution in [0.25, 0.3) is 0 Å². The van der Waals surface area contributed by atoms with Crippen LogP contribution in [0.4, 0.5) is 0 Å². The van der Waals surface area contributed by atoms with E-state index in [0.29, 0.717) is 0 Å². The molecule has 0 radical (unpaired) electrons. The van der Waals surface area contributed by atoms with Crippen LogP contribution in [-0.2, 0) is 4.79 Å². The van der Waals surface area contributed by atoms with Gasteiger partial charge >= 0.3 is 5.97 Å². The molecule has 1 N–H and O–H groups in total. The Hall–Kier alpha value is -1.82. The maximum atomic E-state index is 10.4. The first-order valence-electron chi connectivity index (χ1n) is 3.90. The van der Waals surface area contributed by atoms with Gasteiger partial charge in [0.05, 0.1) is 18.4 Å². The maximum Gasteiger partial charge on any atom is 0.305 e. The van der Waals surface area contributed by atoms with Crippen molar-refractivity contribution in [2.45, 2.75) is 12.3 Å². The molecule has 0 spiro atoms. The van der Waals surface area contributed by atoms with Crippen LogP contribution in [0, 0.1) is 11.3 Å². The minimum absolute atomic E-state index is 0.138. The van der Waals surface area contributed by atoms with Crippen molar-refractivity contribution >= 4 is 5.97 Å². The lowest BCUT2D eigenvalue weighted by Gasteiger charge is -2.04. The molecule has 0 fully saturated rings. The van der Waals surface area contributed by atoms with E-state index in [1.807, 2.05) is 12.1 Å². The lowest BCUT2D eigenvalue weighted by atomic mass is 9.98. The van der Waals surface area contributed by atoms with Crippen LogP contribution in [0.3, 0.4) is 0 Å². The molecule has 13 heavy (non-hydrogen) atoms. The highest BCUT2D eigenvalue weighted by molar-refractivity contribution is 5.68. The van der Waals surface area contributed by atoms with Gasteiger partial charge in [0.1, 0.15) is 0 Å². The van der Waals surface area contributed by atoms with E-state index in [0.717, 1.165) is 5.56 Å². The van der Waals surface area contributed by atoms with E-state index in [-0.39, 0.29) is 6.42 Å². The van der Waals surface area contributed by atoms with Crippen LogP contribution >= 0.6 is 0 Å². The quantitative estimate of drug-likeness (QED) is 0.761. The van der Waals surface area contributed by atoms with Crippen LogP contribution in [0.2, 0.25) is 0 Å². The van der Waals surface area contributed by atoms with Crippen molar-refractivity contribution in [2.75, 3.05) is 0 Å². The number of carboxylic acid groups (broad SMARTS) is 1. The molecule has 0 saturated carbocycles. The van der Waals surface area contributed by atoms with Crippen LogP contribution < -0.4 is 0 Å². The Kier molecular flexibility index (Phi) is 3.04. The Morgan fingerprint density at radius 2 is 2.08 bits per heavy atom. The Morgan fingerprint density at radius 3 is 2.54 bits per heavy atom. The predicted octanol–water partition coefficient (Wildman–Crippen LogP) is 1.77. The predicted molar refractivity (Wildman–Crippen MR) is 47.0 cm³/mol. The highest BCUT2D eigenvalue weighted by Crippen LogP contribution is 2.17. The number of carbonyl (C=O) groups is 1. The molecule has 0 aromatic heterocycles. The minimum Gasteiger partial charge on any atom is -0.481 e. The molecule has 1 rings (SSSR count). The van der Waals surface area contributed by atoms with Gasteiger partial charge in [0.15, 0.2) is 0 Å². The van der Waals surface area contributed by atoms with Crippen molar-refractivity contribution in [2.24, 2.45) is 0 Å². The largest absolute Gasteiger partial charge is 0.481 e. The Bertz CT molecular complexity index is 327. The summed E-state index contributed by atoms with van der Waals surface area (Å²) in [7, 11) is 0. The molecule has 3 heteroatoms. The average Bonchev–Trinajstić information content (AvgIpc) is 2.15. The molecule has 3 nitrogen and oxygen atoms in total. The van der Waals surface area contributed by atoms with Gasteiger partial charge in [-0.25, -0.2) is 0 Å². The molecular weight excluding hydrogens is 166 g/mol. The van der Waals surface area contributed by atoms with E-state index in [1.54, 1.807) is 24.3 Å². The lowest BCUT2D eigenvalue weighted by Crippen LogP contribution is -2.03. The summed E-state index contributed by atoms with van der Waals surface area (Å²) in [5, 5.41) is 17.2. The Morgan fingerprint density at radius 1 is 1.46 bits per heavy atom. The smallest absolute Gasteiger partial charge is 0.305 e. The van der Waals surface area contributed by atoms with Crippen LogP contribution in [-0.4, -0.2) is 11.1 Å². The molecule has 1 aromatic carbocycles. The van der Waals surface area contributed by atoms with Gasteiger partial charge in [-0.15, -0.1) is 0 Å². The summed E-state index contributed by atoms with van der Waals surface area (Å²) in [6.45, 7) is 0. The van der Waals surface area contributed by atoms with Gasteiger partial charge in [0.2, 0.25) is 0 Å². The van der Waals surface area contributed by atoms with Crippen molar-refractivity contribution in [3.05, 3.63) is 35.9 Å². The van der Waals surface area contributed by atoms with Gasteiger partial charge in [0, 0.05) is 0 Å². The highest BCUT2D eigenvalue weighted by atomic mass is 16.4. The van der Waals surface area contributed by atoms with Gasteiger partial charge in [0.25, 0.3) is 0 Å². The van der Waals surface area contributed by atoms with Crippen molar-refractivity contribution in [1.82, 2.24) is 0 Å². The second-order valence-electron chi connectivity index (χ2n) is 2.69. The van der Waals surface area contributed by atoms with E-state index in [4.69, 9.17) is 10.4 Å². The topological polar surface area (TPSA) is 61.1 Å². The molecule has 0 aliphatic heterocycles. The third-order valence-corrected chi connectivity index (χ3v) is 1.74. The van der Waals surface area contributed by atoms with E-state index >= 15 is 0 Å². The normalized spacial score (nSPS) is 11.6. The van der Waals surface area contributed by atoms with Gasteiger partial charge < -0.3 is 5.11 Å². The standard InChI is InChI=1S/C10H9NO2/c11-7-9(6-10(12)13)8-4-2-1-3-5-8/h1-5,9H,6H2,(H,12,13). The van der Waals surface area contributed by atoms with Gasteiger partial charge in [-0.2, -0.15) is 5.26 Å². The fourth-order valence-electron chi connectivity index (χ4n) is 1.10. The van der Waals surface area contributed by atoms with Crippen molar-refractivity contribution in [3.8, 4) is 6.07 Å². The highest BCUT2D eigenvalue weighted by Gasteiger charge is 2.13. The molecule has 0 saturated heterocycles. The molecule has 0 bridgehead atoms. The summed E-state index contributed by atoms with van der Waals surface area (Å²) < 4.78 is 0. The van der Waals surface area contributed by atoms with Gasteiger partial charge in [-0.3, -0.25) is 4.79 Å². The second kappa shape index (κ2) is 4.27. The monoisotopic (exact) mass is 175 g/mol. The summed E-state index contributed by atoms with van der Waals surface area (Å²) in [5.74, 6) is -1.49. The number of nitriles is 1. The Labute approximate surface area is 76.2 Å². The van der Waals surface area contributed by atoms with Crippen molar-refractivity contribution < 1.29 is 9.90 Å². The molecule has 1 atom stereocenters. The molecule has 1 aromatic rings.